The smallest absolute Gasteiger partial charge is 0.308 e. The topological polar surface area (TPSA) is 65.0 Å². The van der Waals surface area contributed by atoms with Crippen molar-refractivity contribution in [3.63, 3.8) is 0 Å². The van der Waals surface area contributed by atoms with Crippen LogP contribution in [-0.2, 0) is 11.4 Å². The molecule has 0 radical (unpaired) electrons. The molecule has 0 saturated heterocycles. The third kappa shape index (κ3) is 4.28. The molecule has 0 aliphatic heterocycles. The standard InChI is InChI=1S/C19H18O5/c1-13(21)24-19-16(10-15(12-20)11-18(19)23-3)7-4-14-5-8-17(22-2)9-6-14/h5-6,8-11,20H,12H2,1-3H3. The minimum atomic E-state index is -0.474. The zero-order valence-electron chi connectivity index (χ0n) is 13.8. The number of benzene rings is 2. The number of esters is 1. The Labute approximate surface area is 140 Å². The average molecular weight is 326 g/mol. The average Bonchev–Trinajstić information content (AvgIpc) is 2.60. The Bertz CT molecular complexity index is 782. The van der Waals surface area contributed by atoms with E-state index in [1.165, 1.54) is 14.0 Å². The van der Waals surface area contributed by atoms with Crippen LogP contribution in [0, 0.1) is 11.8 Å². The number of hydrogen-bond acceptors (Lipinski definition) is 5. The first-order valence-corrected chi connectivity index (χ1v) is 7.23. The molecule has 0 heterocycles. The Morgan fingerprint density at radius 2 is 1.79 bits per heavy atom. The lowest BCUT2D eigenvalue weighted by atomic mass is 10.1. The van der Waals surface area contributed by atoms with E-state index in [9.17, 15) is 9.90 Å². The maximum absolute atomic E-state index is 11.3. The van der Waals surface area contributed by atoms with Gasteiger partial charge in [0.25, 0.3) is 0 Å². The number of methoxy groups -OCH3 is 2. The van der Waals surface area contributed by atoms with Crippen molar-refractivity contribution in [3.05, 3.63) is 53.1 Å². The summed E-state index contributed by atoms with van der Waals surface area (Å²) in [6.07, 6.45) is 0. The highest BCUT2D eigenvalue weighted by molar-refractivity contribution is 5.72. The van der Waals surface area contributed by atoms with Crippen LogP contribution in [-0.4, -0.2) is 25.3 Å². The Balaban J connectivity index is 2.47. The molecule has 0 spiro atoms. The number of aliphatic hydroxyl groups excluding tert-OH is 1. The summed E-state index contributed by atoms with van der Waals surface area (Å²) in [5, 5.41) is 9.37. The van der Waals surface area contributed by atoms with Gasteiger partial charge in [0.1, 0.15) is 5.75 Å². The third-order valence-electron chi connectivity index (χ3n) is 3.19. The summed E-state index contributed by atoms with van der Waals surface area (Å²) in [6, 6.07) is 10.5. The van der Waals surface area contributed by atoms with E-state index in [1.54, 1.807) is 19.2 Å². The number of carbonyl (C=O) groups is 1. The van der Waals surface area contributed by atoms with E-state index >= 15 is 0 Å². The molecule has 124 valence electrons. The van der Waals surface area contributed by atoms with Crippen molar-refractivity contribution >= 4 is 5.97 Å². The van der Waals surface area contributed by atoms with Crippen molar-refractivity contribution in [3.8, 4) is 29.1 Å². The maximum atomic E-state index is 11.3. The molecule has 2 aromatic rings. The second kappa shape index (κ2) is 8.04. The van der Waals surface area contributed by atoms with Gasteiger partial charge in [0.15, 0.2) is 11.5 Å². The van der Waals surface area contributed by atoms with Gasteiger partial charge in [-0.15, -0.1) is 0 Å². The van der Waals surface area contributed by atoms with Crippen LogP contribution in [0.3, 0.4) is 0 Å². The molecule has 0 aliphatic carbocycles. The highest BCUT2D eigenvalue weighted by Crippen LogP contribution is 2.32. The summed E-state index contributed by atoms with van der Waals surface area (Å²) in [7, 11) is 3.06. The van der Waals surface area contributed by atoms with Crippen molar-refractivity contribution < 1.29 is 24.1 Å². The van der Waals surface area contributed by atoms with Gasteiger partial charge < -0.3 is 19.3 Å². The predicted molar refractivity (Wildman–Crippen MR) is 89.2 cm³/mol. The lowest BCUT2D eigenvalue weighted by Crippen LogP contribution is -2.05. The Morgan fingerprint density at radius 1 is 1.08 bits per heavy atom. The minimum absolute atomic E-state index is 0.173. The largest absolute Gasteiger partial charge is 0.497 e. The quantitative estimate of drug-likeness (QED) is 0.531. The summed E-state index contributed by atoms with van der Waals surface area (Å²) in [6.45, 7) is 1.13. The van der Waals surface area contributed by atoms with E-state index in [2.05, 4.69) is 11.8 Å². The van der Waals surface area contributed by atoms with Crippen LogP contribution in [0.5, 0.6) is 17.2 Å². The molecule has 1 N–H and O–H groups in total. The molecular formula is C19H18O5. The molecule has 0 amide bonds. The monoisotopic (exact) mass is 326 g/mol. The van der Waals surface area contributed by atoms with Gasteiger partial charge in [0.2, 0.25) is 0 Å². The van der Waals surface area contributed by atoms with Crippen molar-refractivity contribution in [2.75, 3.05) is 14.2 Å². The Hall–Kier alpha value is -2.97. The van der Waals surface area contributed by atoms with Crippen molar-refractivity contribution in [1.82, 2.24) is 0 Å². The first-order chi connectivity index (χ1) is 11.6. The number of aliphatic hydroxyl groups is 1. The molecule has 0 fully saturated rings. The lowest BCUT2D eigenvalue weighted by Gasteiger charge is -2.11. The predicted octanol–water partition coefficient (Wildman–Crippen LogP) is 2.52. The lowest BCUT2D eigenvalue weighted by molar-refractivity contribution is -0.132. The molecule has 0 aliphatic rings. The highest BCUT2D eigenvalue weighted by Gasteiger charge is 2.14. The fraction of sp³-hybridized carbons (Fsp3) is 0.211. The van der Waals surface area contributed by atoms with E-state index in [-0.39, 0.29) is 12.4 Å². The van der Waals surface area contributed by atoms with Crippen molar-refractivity contribution in [2.24, 2.45) is 0 Å². The van der Waals surface area contributed by atoms with Crippen molar-refractivity contribution in [1.29, 1.82) is 0 Å². The molecule has 0 saturated carbocycles. The van der Waals surface area contributed by atoms with Gasteiger partial charge in [-0.05, 0) is 42.0 Å². The van der Waals surface area contributed by atoms with Crippen LogP contribution in [0.2, 0.25) is 0 Å². The van der Waals surface area contributed by atoms with Gasteiger partial charge in [-0.2, -0.15) is 0 Å². The number of carbonyl (C=O) groups excluding carboxylic acids is 1. The van der Waals surface area contributed by atoms with Gasteiger partial charge in [0, 0.05) is 12.5 Å². The molecule has 24 heavy (non-hydrogen) atoms. The van der Waals surface area contributed by atoms with Crippen LogP contribution < -0.4 is 14.2 Å². The maximum Gasteiger partial charge on any atom is 0.308 e. The summed E-state index contributed by atoms with van der Waals surface area (Å²) >= 11 is 0. The number of rotatable bonds is 4. The Kier molecular flexibility index (Phi) is 5.83. The SMILES string of the molecule is COc1ccc(C#Cc2cc(CO)cc(OC)c2OC(C)=O)cc1. The normalized spacial score (nSPS) is 9.67. The molecule has 0 aromatic heterocycles. The first kappa shape index (κ1) is 17.4. The van der Waals surface area contributed by atoms with E-state index in [0.29, 0.717) is 16.9 Å². The van der Waals surface area contributed by atoms with E-state index in [4.69, 9.17) is 14.2 Å². The fourth-order valence-corrected chi connectivity index (χ4v) is 2.06. The minimum Gasteiger partial charge on any atom is -0.497 e. The van der Waals surface area contributed by atoms with E-state index < -0.39 is 5.97 Å². The summed E-state index contributed by atoms with van der Waals surface area (Å²) in [4.78, 5) is 11.3. The Morgan fingerprint density at radius 3 is 2.33 bits per heavy atom. The second-order valence-electron chi connectivity index (χ2n) is 4.91. The third-order valence-corrected chi connectivity index (χ3v) is 3.19. The fourth-order valence-electron chi connectivity index (χ4n) is 2.06. The molecule has 5 nitrogen and oxygen atoms in total. The first-order valence-electron chi connectivity index (χ1n) is 7.23. The van der Waals surface area contributed by atoms with Crippen LogP contribution in [0.4, 0.5) is 0 Å². The van der Waals surface area contributed by atoms with E-state index in [1.807, 2.05) is 24.3 Å². The van der Waals surface area contributed by atoms with Crippen LogP contribution in [0.25, 0.3) is 0 Å². The number of ether oxygens (including phenoxy) is 3. The van der Waals surface area contributed by atoms with Gasteiger partial charge in [0.05, 0.1) is 26.4 Å². The molecule has 0 unspecified atom stereocenters. The van der Waals surface area contributed by atoms with Crippen molar-refractivity contribution in [2.45, 2.75) is 13.5 Å². The van der Waals surface area contributed by atoms with E-state index in [0.717, 1.165) is 11.3 Å². The van der Waals surface area contributed by atoms with Crippen LogP contribution in [0.15, 0.2) is 36.4 Å². The zero-order chi connectivity index (χ0) is 17.5. The summed E-state index contributed by atoms with van der Waals surface area (Å²) in [5.41, 5.74) is 1.85. The van der Waals surface area contributed by atoms with Gasteiger partial charge in [-0.25, -0.2) is 0 Å². The molecule has 2 aromatic carbocycles. The molecular weight excluding hydrogens is 308 g/mol. The molecule has 0 bridgehead atoms. The second-order valence-corrected chi connectivity index (χ2v) is 4.91. The van der Waals surface area contributed by atoms with Gasteiger partial charge in [-0.1, -0.05) is 11.8 Å². The molecule has 0 atom stereocenters. The molecule has 2 rings (SSSR count). The van der Waals surface area contributed by atoms with Gasteiger partial charge in [-0.3, -0.25) is 4.79 Å². The highest BCUT2D eigenvalue weighted by atomic mass is 16.6. The van der Waals surface area contributed by atoms with Crippen LogP contribution >= 0.6 is 0 Å². The van der Waals surface area contributed by atoms with Crippen LogP contribution in [0.1, 0.15) is 23.6 Å². The zero-order valence-corrected chi connectivity index (χ0v) is 13.8. The summed E-state index contributed by atoms with van der Waals surface area (Å²) < 4.78 is 15.6. The summed E-state index contributed by atoms with van der Waals surface area (Å²) in [5.74, 6) is 6.81. The number of hydrogen-bond donors (Lipinski definition) is 1. The molecule has 5 heteroatoms. The van der Waals surface area contributed by atoms with Gasteiger partial charge >= 0.3 is 5.97 Å².